The van der Waals surface area contributed by atoms with Crippen molar-refractivity contribution in [3.63, 3.8) is 0 Å². The molecule has 1 heterocycles. The van der Waals surface area contributed by atoms with Crippen LogP contribution in [0.2, 0.25) is 5.15 Å². The molecule has 1 aromatic heterocycles. The molecule has 0 fully saturated rings. The molecule has 0 bridgehead atoms. The first-order valence-electron chi connectivity index (χ1n) is 6.20. The molecule has 21 heavy (non-hydrogen) atoms. The SMILES string of the molecule is COc1ccc(OC)c(C(=O)Nc2cc(C)cnc2Cl)c1. The van der Waals surface area contributed by atoms with Gasteiger partial charge in [0.25, 0.3) is 5.91 Å². The third-order valence-corrected chi connectivity index (χ3v) is 3.18. The van der Waals surface area contributed by atoms with E-state index in [0.717, 1.165) is 5.56 Å². The quantitative estimate of drug-likeness (QED) is 0.880. The Balaban J connectivity index is 2.33. The second-order valence-electron chi connectivity index (χ2n) is 4.37. The van der Waals surface area contributed by atoms with E-state index in [4.69, 9.17) is 21.1 Å². The van der Waals surface area contributed by atoms with Crippen LogP contribution in [0.4, 0.5) is 5.69 Å². The van der Waals surface area contributed by atoms with E-state index in [1.165, 1.54) is 14.2 Å². The zero-order valence-electron chi connectivity index (χ0n) is 11.9. The first-order chi connectivity index (χ1) is 10.0. The van der Waals surface area contributed by atoms with Crippen LogP contribution in [0.25, 0.3) is 0 Å². The highest BCUT2D eigenvalue weighted by Crippen LogP contribution is 2.26. The molecular formula is C15H15ClN2O3. The summed E-state index contributed by atoms with van der Waals surface area (Å²) in [5.41, 5.74) is 1.70. The Hall–Kier alpha value is -2.27. The van der Waals surface area contributed by atoms with Crippen molar-refractivity contribution in [3.8, 4) is 11.5 Å². The molecule has 5 nitrogen and oxygen atoms in total. The Labute approximate surface area is 127 Å². The number of carbonyl (C=O) groups excluding carboxylic acids is 1. The molecule has 0 aliphatic heterocycles. The van der Waals surface area contributed by atoms with E-state index in [0.29, 0.717) is 22.7 Å². The fourth-order valence-electron chi connectivity index (χ4n) is 1.82. The van der Waals surface area contributed by atoms with Crippen molar-refractivity contribution in [2.75, 3.05) is 19.5 Å². The van der Waals surface area contributed by atoms with Crippen LogP contribution in [0, 0.1) is 6.92 Å². The predicted octanol–water partition coefficient (Wildman–Crippen LogP) is 3.31. The summed E-state index contributed by atoms with van der Waals surface area (Å²) >= 11 is 5.98. The highest BCUT2D eigenvalue weighted by Gasteiger charge is 2.15. The maximum absolute atomic E-state index is 12.4. The number of benzene rings is 1. The van der Waals surface area contributed by atoms with Crippen molar-refractivity contribution < 1.29 is 14.3 Å². The van der Waals surface area contributed by atoms with Gasteiger partial charge in [-0.2, -0.15) is 0 Å². The maximum atomic E-state index is 12.4. The van der Waals surface area contributed by atoms with Gasteiger partial charge >= 0.3 is 0 Å². The Morgan fingerprint density at radius 2 is 2.00 bits per heavy atom. The van der Waals surface area contributed by atoms with Crippen LogP contribution >= 0.6 is 11.6 Å². The van der Waals surface area contributed by atoms with E-state index in [2.05, 4.69) is 10.3 Å². The Morgan fingerprint density at radius 1 is 1.24 bits per heavy atom. The van der Waals surface area contributed by atoms with Gasteiger partial charge in [-0.15, -0.1) is 0 Å². The van der Waals surface area contributed by atoms with Crippen molar-refractivity contribution in [2.24, 2.45) is 0 Å². The average molecular weight is 307 g/mol. The summed E-state index contributed by atoms with van der Waals surface area (Å²) < 4.78 is 10.3. The van der Waals surface area contributed by atoms with Gasteiger partial charge in [-0.05, 0) is 36.8 Å². The molecule has 110 valence electrons. The third kappa shape index (κ3) is 3.44. The Bertz CT molecular complexity index is 674. The van der Waals surface area contributed by atoms with E-state index in [9.17, 15) is 4.79 Å². The molecule has 0 saturated carbocycles. The number of pyridine rings is 1. The first kappa shape index (κ1) is 15.1. The zero-order valence-corrected chi connectivity index (χ0v) is 12.7. The van der Waals surface area contributed by atoms with Gasteiger partial charge in [0.15, 0.2) is 5.15 Å². The molecule has 0 spiro atoms. The largest absolute Gasteiger partial charge is 0.497 e. The van der Waals surface area contributed by atoms with Gasteiger partial charge in [0.1, 0.15) is 11.5 Å². The van der Waals surface area contributed by atoms with Gasteiger partial charge in [-0.3, -0.25) is 4.79 Å². The number of methoxy groups -OCH3 is 2. The summed E-state index contributed by atoms with van der Waals surface area (Å²) in [4.78, 5) is 16.4. The van der Waals surface area contributed by atoms with Crippen molar-refractivity contribution in [3.05, 3.63) is 46.7 Å². The van der Waals surface area contributed by atoms with Crippen LogP contribution in [-0.2, 0) is 0 Å². The van der Waals surface area contributed by atoms with Crippen LogP contribution in [0.1, 0.15) is 15.9 Å². The van der Waals surface area contributed by atoms with Crippen molar-refractivity contribution in [2.45, 2.75) is 6.92 Å². The molecule has 0 atom stereocenters. The number of aryl methyl sites for hydroxylation is 1. The lowest BCUT2D eigenvalue weighted by molar-refractivity contribution is 0.102. The van der Waals surface area contributed by atoms with Crippen LogP contribution < -0.4 is 14.8 Å². The monoisotopic (exact) mass is 306 g/mol. The van der Waals surface area contributed by atoms with Crippen molar-refractivity contribution in [1.29, 1.82) is 0 Å². The number of amides is 1. The van der Waals surface area contributed by atoms with Crippen LogP contribution in [0.5, 0.6) is 11.5 Å². The first-order valence-corrected chi connectivity index (χ1v) is 6.58. The summed E-state index contributed by atoms with van der Waals surface area (Å²) in [5, 5.41) is 2.96. The lowest BCUT2D eigenvalue weighted by Gasteiger charge is -2.11. The molecule has 6 heteroatoms. The molecule has 1 aromatic carbocycles. The minimum atomic E-state index is -0.347. The van der Waals surface area contributed by atoms with Crippen molar-refractivity contribution >= 4 is 23.2 Å². The molecule has 0 radical (unpaired) electrons. The van der Waals surface area contributed by atoms with E-state index in [1.54, 1.807) is 30.5 Å². The molecular weight excluding hydrogens is 292 g/mol. The zero-order chi connectivity index (χ0) is 15.4. The molecule has 2 rings (SSSR count). The number of nitrogens with zero attached hydrogens (tertiary/aromatic N) is 1. The van der Waals surface area contributed by atoms with E-state index in [1.807, 2.05) is 6.92 Å². The fourth-order valence-corrected chi connectivity index (χ4v) is 1.97. The highest BCUT2D eigenvalue weighted by atomic mass is 35.5. The second-order valence-corrected chi connectivity index (χ2v) is 4.73. The molecule has 2 aromatic rings. The molecule has 1 N–H and O–H groups in total. The van der Waals surface area contributed by atoms with E-state index >= 15 is 0 Å². The van der Waals surface area contributed by atoms with Crippen LogP contribution in [0.15, 0.2) is 30.5 Å². The normalized spacial score (nSPS) is 10.1. The Morgan fingerprint density at radius 3 is 2.67 bits per heavy atom. The van der Waals surface area contributed by atoms with Gasteiger partial charge in [0.05, 0.1) is 25.5 Å². The van der Waals surface area contributed by atoms with E-state index in [-0.39, 0.29) is 11.1 Å². The highest BCUT2D eigenvalue weighted by molar-refractivity contribution is 6.32. The summed E-state index contributed by atoms with van der Waals surface area (Å²) in [7, 11) is 3.03. The van der Waals surface area contributed by atoms with Gasteiger partial charge in [-0.1, -0.05) is 11.6 Å². The average Bonchev–Trinajstić information content (AvgIpc) is 2.50. The number of halogens is 1. The number of carbonyl (C=O) groups is 1. The number of nitrogens with one attached hydrogen (secondary N) is 1. The van der Waals surface area contributed by atoms with Gasteiger partial charge in [-0.25, -0.2) is 4.98 Å². The Kier molecular flexibility index (Phi) is 4.65. The summed E-state index contributed by atoms with van der Waals surface area (Å²) in [6.07, 6.45) is 1.63. The second kappa shape index (κ2) is 6.45. The fraction of sp³-hybridized carbons (Fsp3) is 0.200. The van der Waals surface area contributed by atoms with E-state index < -0.39 is 0 Å². The lowest BCUT2D eigenvalue weighted by Crippen LogP contribution is -2.14. The number of ether oxygens (including phenoxy) is 2. The van der Waals surface area contributed by atoms with Gasteiger partial charge in [0.2, 0.25) is 0 Å². The summed E-state index contributed by atoms with van der Waals surface area (Å²) in [5.74, 6) is 0.666. The third-order valence-electron chi connectivity index (χ3n) is 2.88. The number of anilines is 1. The summed E-state index contributed by atoms with van der Waals surface area (Å²) in [6.45, 7) is 1.87. The van der Waals surface area contributed by atoms with Crippen LogP contribution in [-0.4, -0.2) is 25.1 Å². The molecule has 0 unspecified atom stereocenters. The van der Waals surface area contributed by atoms with Gasteiger partial charge in [0, 0.05) is 6.20 Å². The number of hydrogen-bond donors (Lipinski definition) is 1. The topological polar surface area (TPSA) is 60.5 Å². The number of aromatic nitrogens is 1. The molecule has 0 saturated heterocycles. The van der Waals surface area contributed by atoms with Crippen LogP contribution in [0.3, 0.4) is 0 Å². The maximum Gasteiger partial charge on any atom is 0.259 e. The lowest BCUT2D eigenvalue weighted by atomic mass is 10.1. The number of rotatable bonds is 4. The predicted molar refractivity (Wildman–Crippen MR) is 81.5 cm³/mol. The van der Waals surface area contributed by atoms with Crippen molar-refractivity contribution in [1.82, 2.24) is 4.98 Å². The molecule has 1 amide bonds. The minimum absolute atomic E-state index is 0.232. The molecule has 0 aliphatic carbocycles. The number of hydrogen-bond acceptors (Lipinski definition) is 4. The summed E-state index contributed by atoms with van der Waals surface area (Å²) in [6, 6.07) is 6.74. The molecule has 0 aliphatic rings. The standard InChI is InChI=1S/C15H15ClN2O3/c1-9-6-12(14(16)17-8-9)18-15(19)11-7-10(20-2)4-5-13(11)21-3/h4-8H,1-3H3,(H,18,19). The smallest absolute Gasteiger partial charge is 0.259 e. The van der Waals surface area contributed by atoms with Gasteiger partial charge < -0.3 is 14.8 Å². The minimum Gasteiger partial charge on any atom is -0.497 e.